The second-order valence-electron chi connectivity index (χ2n) is 5.93. The maximum atomic E-state index is 12.7. The summed E-state index contributed by atoms with van der Waals surface area (Å²) in [6.07, 6.45) is 1.65. The average Bonchev–Trinajstić information content (AvgIpc) is 3.22. The van der Waals surface area contributed by atoms with Crippen molar-refractivity contribution in [3.05, 3.63) is 47.9 Å². The van der Waals surface area contributed by atoms with Crippen LogP contribution < -0.4 is 14.8 Å². The summed E-state index contributed by atoms with van der Waals surface area (Å²) in [6.45, 7) is 3.36. The fourth-order valence-electron chi connectivity index (χ4n) is 3.13. The molecule has 2 aromatic rings. The van der Waals surface area contributed by atoms with Crippen LogP contribution in [0.3, 0.4) is 0 Å². The fourth-order valence-corrected chi connectivity index (χ4v) is 3.13. The molecule has 1 N–H and O–H groups in total. The molecule has 26 heavy (non-hydrogen) atoms. The van der Waals surface area contributed by atoms with Crippen LogP contribution in [0.25, 0.3) is 0 Å². The van der Waals surface area contributed by atoms with E-state index in [1.54, 1.807) is 31.6 Å². The van der Waals surface area contributed by atoms with Gasteiger partial charge in [0, 0.05) is 19.6 Å². The molecular weight excluding hydrogens is 336 g/mol. The van der Waals surface area contributed by atoms with Crippen molar-refractivity contribution >= 4 is 5.91 Å². The molecule has 0 saturated carbocycles. The molecule has 140 valence electrons. The maximum absolute atomic E-state index is 12.7. The van der Waals surface area contributed by atoms with Crippen LogP contribution in [0, 0.1) is 0 Å². The zero-order valence-electron chi connectivity index (χ0n) is 15.1. The summed E-state index contributed by atoms with van der Waals surface area (Å²) >= 11 is 0. The third-order valence-electron chi connectivity index (χ3n) is 4.46. The Kier molecular flexibility index (Phi) is 6.14. The standard InChI is InChI=1S/C19H24N2O5/c1-23-17-6-3-5-14(18(17)24-2)19(22)20-13-15(16-7-4-10-26-16)21-8-11-25-12-9-21/h3-7,10,15H,8-9,11-13H2,1-2H3,(H,20,22). The van der Waals surface area contributed by atoms with Gasteiger partial charge in [-0.3, -0.25) is 9.69 Å². The number of hydrogen-bond donors (Lipinski definition) is 1. The van der Waals surface area contributed by atoms with Crippen LogP contribution in [0.15, 0.2) is 41.0 Å². The summed E-state index contributed by atoms with van der Waals surface area (Å²) in [5.74, 6) is 1.56. The molecule has 1 amide bonds. The molecule has 0 bridgehead atoms. The van der Waals surface area contributed by atoms with Crippen molar-refractivity contribution in [1.82, 2.24) is 10.2 Å². The lowest BCUT2D eigenvalue weighted by Crippen LogP contribution is -2.43. The molecule has 0 radical (unpaired) electrons. The number of nitrogens with one attached hydrogen (secondary N) is 1. The highest BCUT2D eigenvalue weighted by Gasteiger charge is 2.26. The molecule has 7 heteroatoms. The molecule has 1 aromatic carbocycles. The van der Waals surface area contributed by atoms with Crippen molar-refractivity contribution in [1.29, 1.82) is 0 Å². The SMILES string of the molecule is COc1cccc(C(=O)NCC(c2ccco2)N2CCOCC2)c1OC. The summed E-state index contributed by atoms with van der Waals surface area (Å²) < 4.78 is 21.6. The van der Waals surface area contributed by atoms with E-state index in [4.69, 9.17) is 18.6 Å². The highest BCUT2D eigenvalue weighted by atomic mass is 16.5. The first-order valence-corrected chi connectivity index (χ1v) is 8.59. The van der Waals surface area contributed by atoms with E-state index in [1.165, 1.54) is 7.11 Å². The second-order valence-corrected chi connectivity index (χ2v) is 5.93. The van der Waals surface area contributed by atoms with E-state index in [9.17, 15) is 4.79 Å². The van der Waals surface area contributed by atoms with E-state index in [1.807, 2.05) is 12.1 Å². The molecule has 1 unspecified atom stereocenters. The number of methoxy groups -OCH3 is 2. The van der Waals surface area contributed by atoms with Crippen LogP contribution in [-0.2, 0) is 4.74 Å². The Hall–Kier alpha value is -2.51. The number of amides is 1. The Labute approximate surface area is 152 Å². The lowest BCUT2D eigenvalue weighted by Gasteiger charge is -2.33. The summed E-state index contributed by atoms with van der Waals surface area (Å²) in [7, 11) is 3.07. The fraction of sp³-hybridized carbons (Fsp3) is 0.421. The molecule has 1 aliphatic rings. The van der Waals surface area contributed by atoms with E-state index < -0.39 is 0 Å². The van der Waals surface area contributed by atoms with Gasteiger partial charge in [-0.15, -0.1) is 0 Å². The smallest absolute Gasteiger partial charge is 0.255 e. The van der Waals surface area contributed by atoms with Gasteiger partial charge in [0.05, 0.1) is 45.3 Å². The molecule has 3 rings (SSSR count). The number of ether oxygens (including phenoxy) is 3. The minimum absolute atomic E-state index is 0.0468. The van der Waals surface area contributed by atoms with Gasteiger partial charge < -0.3 is 23.9 Å². The van der Waals surface area contributed by atoms with Gasteiger partial charge in [0.15, 0.2) is 11.5 Å². The van der Waals surface area contributed by atoms with Crippen LogP contribution in [0.1, 0.15) is 22.2 Å². The van der Waals surface area contributed by atoms with Crippen LogP contribution in [0.5, 0.6) is 11.5 Å². The number of carbonyl (C=O) groups is 1. The molecule has 1 saturated heterocycles. The molecule has 0 spiro atoms. The van der Waals surface area contributed by atoms with Crippen molar-refractivity contribution in [2.24, 2.45) is 0 Å². The van der Waals surface area contributed by atoms with E-state index in [0.29, 0.717) is 36.8 Å². The Morgan fingerprint density at radius 1 is 1.19 bits per heavy atom. The Morgan fingerprint density at radius 3 is 2.65 bits per heavy atom. The number of rotatable bonds is 7. The van der Waals surface area contributed by atoms with Crippen molar-refractivity contribution < 1.29 is 23.4 Å². The van der Waals surface area contributed by atoms with Crippen molar-refractivity contribution in [3.63, 3.8) is 0 Å². The number of benzene rings is 1. The van der Waals surface area contributed by atoms with E-state index in [2.05, 4.69) is 10.2 Å². The topological polar surface area (TPSA) is 73.2 Å². The predicted molar refractivity (Wildman–Crippen MR) is 95.7 cm³/mol. The van der Waals surface area contributed by atoms with Gasteiger partial charge in [0.2, 0.25) is 0 Å². The molecular formula is C19H24N2O5. The van der Waals surface area contributed by atoms with Crippen LogP contribution in [0.2, 0.25) is 0 Å². The zero-order chi connectivity index (χ0) is 18.4. The Bertz CT molecular complexity index is 711. The minimum atomic E-state index is -0.217. The molecule has 1 aliphatic heterocycles. The van der Waals surface area contributed by atoms with Crippen molar-refractivity contribution in [2.45, 2.75) is 6.04 Å². The lowest BCUT2D eigenvalue weighted by atomic mass is 10.1. The number of carbonyl (C=O) groups excluding carboxylic acids is 1. The largest absolute Gasteiger partial charge is 0.493 e. The van der Waals surface area contributed by atoms with Crippen molar-refractivity contribution in [2.75, 3.05) is 47.1 Å². The third-order valence-corrected chi connectivity index (χ3v) is 4.46. The number of hydrogen-bond acceptors (Lipinski definition) is 6. The lowest BCUT2D eigenvalue weighted by molar-refractivity contribution is 0.0118. The predicted octanol–water partition coefficient (Wildman–Crippen LogP) is 2.10. The zero-order valence-corrected chi connectivity index (χ0v) is 15.1. The Morgan fingerprint density at radius 2 is 2.00 bits per heavy atom. The number of nitrogens with zero attached hydrogens (tertiary/aromatic N) is 1. The summed E-state index contributed by atoms with van der Waals surface area (Å²) in [6, 6.07) is 8.98. The van der Waals surface area contributed by atoms with E-state index in [-0.39, 0.29) is 11.9 Å². The van der Waals surface area contributed by atoms with Gasteiger partial charge >= 0.3 is 0 Å². The summed E-state index contributed by atoms with van der Waals surface area (Å²) in [4.78, 5) is 15.0. The monoisotopic (exact) mass is 360 g/mol. The summed E-state index contributed by atoms with van der Waals surface area (Å²) in [5.41, 5.74) is 0.437. The first-order valence-electron chi connectivity index (χ1n) is 8.59. The van der Waals surface area contributed by atoms with E-state index >= 15 is 0 Å². The highest BCUT2D eigenvalue weighted by molar-refractivity contribution is 5.97. The van der Waals surface area contributed by atoms with Gasteiger partial charge in [-0.25, -0.2) is 0 Å². The van der Waals surface area contributed by atoms with Gasteiger partial charge in [-0.1, -0.05) is 6.07 Å². The molecule has 1 fully saturated rings. The van der Waals surface area contributed by atoms with Gasteiger partial charge in [0.1, 0.15) is 5.76 Å². The van der Waals surface area contributed by atoms with Crippen LogP contribution >= 0.6 is 0 Å². The number of furan rings is 1. The number of morpholine rings is 1. The maximum Gasteiger partial charge on any atom is 0.255 e. The first-order chi connectivity index (χ1) is 12.7. The first kappa shape index (κ1) is 18.3. The Balaban J connectivity index is 1.74. The summed E-state index contributed by atoms with van der Waals surface area (Å²) in [5, 5.41) is 2.99. The molecule has 1 aromatic heterocycles. The van der Waals surface area contributed by atoms with Crippen LogP contribution in [-0.4, -0.2) is 57.9 Å². The van der Waals surface area contributed by atoms with Gasteiger partial charge in [-0.2, -0.15) is 0 Å². The molecule has 1 atom stereocenters. The molecule has 2 heterocycles. The second kappa shape index (κ2) is 8.73. The van der Waals surface area contributed by atoms with E-state index in [0.717, 1.165) is 18.8 Å². The van der Waals surface area contributed by atoms with Crippen LogP contribution in [0.4, 0.5) is 0 Å². The number of para-hydroxylation sites is 1. The quantitative estimate of drug-likeness (QED) is 0.815. The van der Waals surface area contributed by atoms with Crippen molar-refractivity contribution in [3.8, 4) is 11.5 Å². The average molecular weight is 360 g/mol. The molecule has 7 nitrogen and oxygen atoms in total. The molecule has 0 aliphatic carbocycles. The highest BCUT2D eigenvalue weighted by Crippen LogP contribution is 2.30. The minimum Gasteiger partial charge on any atom is -0.493 e. The third kappa shape index (κ3) is 4.00. The normalized spacial score (nSPS) is 16.1. The van der Waals surface area contributed by atoms with Gasteiger partial charge in [0.25, 0.3) is 5.91 Å². The van der Waals surface area contributed by atoms with Gasteiger partial charge in [-0.05, 0) is 24.3 Å².